The highest BCUT2D eigenvalue weighted by Gasteiger charge is 2.45. The molecular formula is C8H10N2O. The molecule has 1 aromatic rings. The van der Waals surface area contributed by atoms with Gasteiger partial charge >= 0.3 is 0 Å². The lowest BCUT2D eigenvalue weighted by atomic mass is 10.1. The number of aliphatic hydroxyl groups is 1. The van der Waals surface area contributed by atoms with E-state index in [0.29, 0.717) is 0 Å². The van der Waals surface area contributed by atoms with Crippen LogP contribution in [0.25, 0.3) is 0 Å². The number of rotatable bonds is 2. The number of aliphatic hydroxyl groups excluding tert-OH is 1. The fourth-order valence-corrected chi connectivity index (χ4v) is 1.22. The Balaban J connectivity index is 2.30. The molecule has 0 amide bonds. The van der Waals surface area contributed by atoms with E-state index in [1.807, 2.05) is 0 Å². The third-order valence-corrected chi connectivity index (χ3v) is 2.26. The molecule has 0 bridgehead atoms. The van der Waals surface area contributed by atoms with Crippen molar-refractivity contribution in [2.24, 2.45) is 0 Å². The summed E-state index contributed by atoms with van der Waals surface area (Å²) in [7, 11) is 0. The Labute approximate surface area is 65.1 Å². The molecule has 3 nitrogen and oxygen atoms in total. The molecule has 0 unspecified atom stereocenters. The Hall–Kier alpha value is -0.960. The first-order valence-electron chi connectivity index (χ1n) is 3.75. The van der Waals surface area contributed by atoms with Gasteiger partial charge in [-0.25, -0.2) is 0 Å². The van der Waals surface area contributed by atoms with Crippen LogP contribution in [0.5, 0.6) is 0 Å². The van der Waals surface area contributed by atoms with Gasteiger partial charge in [-0.1, -0.05) is 0 Å². The second kappa shape index (κ2) is 2.27. The maximum atomic E-state index is 9.04. The van der Waals surface area contributed by atoms with Gasteiger partial charge in [-0.15, -0.1) is 0 Å². The number of aromatic nitrogens is 2. The van der Waals surface area contributed by atoms with Crippen molar-refractivity contribution in [2.45, 2.75) is 18.3 Å². The van der Waals surface area contributed by atoms with E-state index < -0.39 is 0 Å². The zero-order valence-corrected chi connectivity index (χ0v) is 6.20. The highest BCUT2D eigenvalue weighted by molar-refractivity contribution is 5.21. The van der Waals surface area contributed by atoms with Gasteiger partial charge in [0.15, 0.2) is 0 Å². The molecule has 58 valence electrons. The largest absolute Gasteiger partial charge is 0.395 e. The molecule has 11 heavy (non-hydrogen) atoms. The standard InChI is InChI=1S/C8H10N2O/c11-6-8(1-2-8)7-5-9-3-4-10-7/h3-5,11H,1-2,6H2. The first-order valence-corrected chi connectivity index (χ1v) is 3.75. The molecule has 1 heterocycles. The quantitative estimate of drug-likeness (QED) is 0.667. The second-order valence-electron chi connectivity index (χ2n) is 3.03. The van der Waals surface area contributed by atoms with Gasteiger partial charge in [-0.05, 0) is 12.8 Å². The molecule has 1 N–H and O–H groups in total. The predicted octanol–water partition coefficient (Wildman–Crippen LogP) is 0.500. The molecule has 0 saturated heterocycles. The Morgan fingerprint density at radius 1 is 1.45 bits per heavy atom. The summed E-state index contributed by atoms with van der Waals surface area (Å²) < 4.78 is 0. The third kappa shape index (κ3) is 1.01. The normalized spacial score (nSPS) is 19.7. The van der Waals surface area contributed by atoms with Crippen LogP contribution in [0.2, 0.25) is 0 Å². The molecular weight excluding hydrogens is 140 g/mol. The summed E-state index contributed by atoms with van der Waals surface area (Å²) in [5, 5.41) is 9.04. The lowest BCUT2D eigenvalue weighted by Gasteiger charge is -2.08. The van der Waals surface area contributed by atoms with Crippen LogP contribution in [-0.2, 0) is 5.41 Å². The molecule has 0 radical (unpaired) electrons. The van der Waals surface area contributed by atoms with Crippen molar-refractivity contribution in [1.82, 2.24) is 9.97 Å². The summed E-state index contributed by atoms with van der Waals surface area (Å²) in [6.07, 6.45) is 7.15. The van der Waals surface area contributed by atoms with Gasteiger partial charge in [-0.3, -0.25) is 9.97 Å². The molecule has 1 fully saturated rings. The van der Waals surface area contributed by atoms with Gasteiger partial charge in [0.05, 0.1) is 12.3 Å². The fourth-order valence-electron chi connectivity index (χ4n) is 1.22. The van der Waals surface area contributed by atoms with E-state index in [1.165, 1.54) is 0 Å². The van der Waals surface area contributed by atoms with Crippen LogP contribution in [-0.4, -0.2) is 21.7 Å². The van der Waals surface area contributed by atoms with Crippen molar-refractivity contribution in [2.75, 3.05) is 6.61 Å². The molecule has 0 aliphatic heterocycles. The van der Waals surface area contributed by atoms with Gasteiger partial charge in [0.25, 0.3) is 0 Å². The Morgan fingerprint density at radius 2 is 2.27 bits per heavy atom. The van der Waals surface area contributed by atoms with E-state index in [2.05, 4.69) is 9.97 Å². The third-order valence-electron chi connectivity index (χ3n) is 2.26. The maximum absolute atomic E-state index is 9.04. The maximum Gasteiger partial charge on any atom is 0.0671 e. The van der Waals surface area contributed by atoms with Crippen molar-refractivity contribution in [1.29, 1.82) is 0 Å². The first-order chi connectivity index (χ1) is 5.37. The zero-order valence-electron chi connectivity index (χ0n) is 6.20. The molecule has 1 aromatic heterocycles. The van der Waals surface area contributed by atoms with Crippen LogP contribution >= 0.6 is 0 Å². The van der Waals surface area contributed by atoms with E-state index in [4.69, 9.17) is 5.11 Å². The van der Waals surface area contributed by atoms with Crippen molar-refractivity contribution < 1.29 is 5.11 Å². The van der Waals surface area contributed by atoms with Crippen LogP contribution in [0.4, 0.5) is 0 Å². The van der Waals surface area contributed by atoms with Crippen molar-refractivity contribution in [3.05, 3.63) is 24.3 Å². The molecule has 0 spiro atoms. The molecule has 0 aromatic carbocycles. The number of hydrogen-bond donors (Lipinski definition) is 1. The number of hydrogen-bond acceptors (Lipinski definition) is 3. The number of nitrogens with zero attached hydrogens (tertiary/aromatic N) is 2. The summed E-state index contributed by atoms with van der Waals surface area (Å²) in [5.74, 6) is 0. The van der Waals surface area contributed by atoms with Gasteiger partial charge in [0.1, 0.15) is 0 Å². The summed E-state index contributed by atoms with van der Waals surface area (Å²) in [6, 6.07) is 0. The molecule has 1 aliphatic rings. The van der Waals surface area contributed by atoms with Crippen LogP contribution in [0.1, 0.15) is 18.5 Å². The fraction of sp³-hybridized carbons (Fsp3) is 0.500. The Bertz CT molecular complexity index is 244. The predicted molar refractivity (Wildman–Crippen MR) is 40.0 cm³/mol. The van der Waals surface area contributed by atoms with E-state index in [1.54, 1.807) is 18.6 Å². The van der Waals surface area contributed by atoms with Crippen LogP contribution in [0.3, 0.4) is 0 Å². The molecule has 1 saturated carbocycles. The van der Waals surface area contributed by atoms with E-state index in [-0.39, 0.29) is 12.0 Å². The van der Waals surface area contributed by atoms with Crippen molar-refractivity contribution in [3.63, 3.8) is 0 Å². The average Bonchev–Trinajstić information content (AvgIpc) is 2.86. The van der Waals surface area contributed by atoms with E-state index in [9.17, 15) is 0 Å². The summed E-state index contributed by atoms with van der Waals surface area (Å²) in [6.45, 7) is 0.200. The first kappa shape index (κ1) is 6.73. The SMILES string of the molecule is OCC1(c2cnccn2)CC1. The van der Waals surface area contributed by atoms with E-state index in [0.717, 1.165) is 18.5 Å². The summed E-state index contributed by atoms with van der Waals surface area (Å²) >= 11 is 0. The molecule has 3 heteroatoms. The van der Waals surface area contributed by atoms with Crippen molar-refractivity contribution in [3.8, 4) is 0 Å². The van der Waals surface area contributed by atoms with Gasteiger partial charge < -0.3 is 5.11 Å². The Kier molecular flexibility index (Phi) is 1.39. The molecule has 2 rings (SSSR count). The lowest BCUT2D eigenvalue weighted by molar-refractivity contribution is 0.252. The van der Waals surface area contributed by atoms with E-state index >= 15 is 0 Å². The van der Waals surface area contributed by atoms with Gasteiger partial charge in [-0.2, -0.15) is 0 Å². The van der Waals surface area contributed by atoms with Crippen LogP contribution in [0.15, 0.2) is 18.6 Å². The minimum Gasteiger partial charge on any atom is -0.395 e. The molecule has 1 aliphatic carbocycles. The minimum atomic E-state index is -0.0335. The summed E-state index contributed by atoms with van der Waals surface area (Å²) in [4.78, 5) is 8.13. The molecule has 0 atom stereocenters. The highest BCUT2D eigenvalue weighted by atomic mass is 16.3. The highest BCUT2D eigenvalue weighted by Crippen LogP contribution is 2.46. The topological polar surface area (TPSA) is 46.0 Å². The van der Waals surface area contributed by atoms with Crippen LogP contribution in [0, 0.1) is 0 Å². The Morgan fingerprint density at radius 3 is 2.73 bits per heavy atom. The summed E-state index contributed by atoms with van der Waals surface area (Å²) in [5.41, 5.74) is 0.899. The zero-order chi connectivity index (χ0) is 7.73. The minimum absolute atomic E-state index is 0.0335. The lowest BCUT2D eigenvalue weighted by Crippen LogP contribution is -2.13. The van der Waals surface area contributed by atoms with Gasteiger partial charge in [0, 0.05) is 24.0 Å². The van der Waals surface area contributed by atoms with Crippen LogP contribution < -0.4 is 0 Å². The van der Waals surface area contributed by atoms with Gasteiger partial charge in [0.2, 0.25) is 0 Å². The average molecular weight is 150 g/mol. The van der Waals surface area contributed by atoms with Crippen molar-refractivity contribution >= 4 is 0 Å². The monoisotopic (exact) mass is 150 g/mol. The smallest absolute Gasteiger partial charge is 0.0671 e. The second-order valence-corrected chi connectivity index (χ2v) is 3.03.